The average molecular weight is 205 g/mol. The number of piperidine rings is 1. The number of rotatable bonds is 3. The second kappa shape index (κ2) is 5.45. The number of hydrogen-bond donors (Lipinski definition) is 1. The molecule has 0 spiro atoms. The van der Waals surface area contributed by atoms with Crippen LogP contribution in [0.4, 0.5) is 0 Å². The van der Waals surface area contributed by atoms with E-state index in [0.29, 0.717) is 6.04 Å². The Bertz CT molecular complexity index is 175. The van der Waals surface area contributed by atoms with Crippen LogP contribution in [-0.2, 0) is 4.79 Å². The van der Waals surface area contributed by atoms with Crippen LogP contribution in [0.2, 0.25) is 0 Å². The van der Waals surface area contributed by atoms with Crippen LogP contribution >= 0.6 is 11.6 Å². The molecule has 13 heavy (non-hydrogen) atoms. The lowest BCUT2D eigenvalue weighted by Crippen LogP contribution is -2.44. The van der Waals surface area contributed by atoms with E-state index < -0.39 is 0 Å². The van der Waals surface area contributed by atoms with Crippen molar-refractivity contribution in [3.8, 4) is 0 Å². The zero-order valence-corrected chi connectivity index (χ0v) is 8.81. The van der Waals surface area contributed by atoms with Crippen LogP contribution in [-0.4, -0.2) is 42.9 Å². The molecule has 0 aromatic carbocycles. The Hall–Kier alpha value is -0.280. The van der Waals surface area contributed by atoms with Gasteiger partial charge in [0.1, 0.15) is 5.88 Å². The Balaban J connectivity index is 2.22. The second-order valence-corrected chi connectivity index (χ2v) is 3.84. The zero-order chi connectivity index (χ0) is 9.68. The highest BCUT2D eigenvalue weighted by atomic mass is 35.5. The van der Waals surface area contributed by atoms with Crippen molar-refractivity contribution in [2.24, 2.45) is 0 Å². The standard InChI is InChI=1S/C9H17ClN2O/c1-12-5-3-2-4-8(12)7-11-9(13)6-10/h8H,2-7H2,1H3,(H,11,13). The van der Waals surface area contributed by atoms with E-state index in [9.17, 15) is 4.79 Å². The van der Waals surface area contributed by atoms with Gasteiger partial charge in [0.15, 0.2) is 0 Å². The van der Waals surface area contributed by atoms with Crippen LogP contribution in [0.1, 0.15) is 19.3 Å². The van der Waals surface area contributed by atoms with E-state index in [2.05, 4.69) is 17.3 Å². The molecule has 1 saturated heterocycles. The van der Waals surface area contributed by atoms with Gasteiger partial charge >= 0.3 is 0 Å². The van der Waals surface area contributed by atoms with Crippen molar-refractivity contribution < 1.29 is 4.79 Å². The molecule has 1 aliphatic heterocycles. The molecule has 76 valence electrons. The molecule has 1 heterocycles. The summed E-state index contributed by atoms with van der Waals surface area (Å²) in [4.78, 5) is 13.2. The molecular weight excluding hydrogens is 188 g/mol. The topological polar surface area (TPSA) is 32.3 Å². The van der Waals surface area contributed by atoms with Gasteiger partial charge in [0.2, 0.25) is 5.91 Å². The summed E-state index contributed by atoms with van der Waals surface area (Å²) in [6.07, 6.45) is 3.72. The van der Waals surface area contributed by atoms with Crippen LogP contribution < -0.4 is 5.32 Å². The maximum absolute atomic E-state index is 10.9. The number of nitrogens with one attached hydrogen (secondary N) is 1. The van der Waals surface area contributed by atoms with E-state index >= 15 is 0 Å². The van der Waals surface area contributed by atoms with E-state index in [4.69, 9.17) is 11.6 Å². The van der Waals surface area contributed by atoms with Gasteiger partial charge in [0, 0.05) is 12.6 Å². The third kappa shape index (κ3) is 3.53. The number of alkyl halides is 1. The summed E-state index contributed by atoms with van der Waals surface area (Å²) >= 11 is 5.38. The summed E-state index contributed by atoms with van der Waals surface area (Å²) in [5, 5.41) is 2.82. The molecule has 1 unspecified atom stereocenters. The lowest BCUT2D eigenvalue weighted by Gasteiger charge is -2.32. The minimum Gasteiger partial charge on any atom is -0.353 e. The fraction of sp³-hybridized carbons (Fsp3) is 0.889. The summed E-state index contributed by atoms with van der Waals surface area (Å²) in [7, 11) is 2.11. The molecule has 0 aliphatic carbocycles. The Morgan fingerprint density at radius 1 is 1.62 bits per heavy atom. The lowest BCUT2D eigenvalue weighted by atomic mass is 10.0. The Morgan fingerprint density at radius 2 is 2.38 bits per heavy atom. The fourth-order valence-corrected chi connectivity index (χ4v) is 1.78. The zero-order valence-electron chi connectivity index (χ0n) is 8.05. The van der Waals surface area contributed by atoms with E-state index in [1.807, 2.05) is 0 Å². The second-order valence-electron chi connectivity index (χ2n) is 3.57. The van der Waals surface area contributed by atoms with Gasteiger partial charge < -0.3 is 10.2 Å². The average Bonchev–Trinajstić information content (AvgIpc) is 2.16. The van der Waals surface area contributed by atoms with Gasteiger partial charge in [0.25, 0.3) is 0 Å². The van der Waals surface area contributed by atoms with E-state index in [0.717, 1.165) is 13.1 Å². The van der Waals surface area contributed by atoms with Crippen molar-refractivity contribution in [3.63, 3.8) is 0 Å². The molecule has 1 rings (SSSR count). The van der Waals surface area contributed by atoms with E-state index in [-0.39, 0.29) is 11.8 Å². The first-order chi connectivity index (χ1) is 6.24. The maximum Gasteiger partial charge on any atom is 0.234 e. The van der Waals surface area contributed by atoms with E-state index in [1.54, 1.807) is 0 Å². The molecule has 1 aliphatic rings. The first kappa shape index (κ1) is 10.8. The largest absolute Gasteiger partial charge is 0.353 e. The number of hydrogen-bond acceptors (Lipinski definition) is 2. The number of amides is 1. The predicted octanol–water partition coefficient (Wildman–Crippen LogP) is 0.826. The van der Waals surface area contributed by atoms with Gasteiger partial charge in [-0.3, -0.25) is 4.79 Å². The molecular formula is C9H17ClN2O. The molecule has 1 N–H and O–H groups in total. The Kier molecular flexibility index (Phi) is 4.53. The van der Waals surface area contributed by atoms with Gasteiger partial charge in [0.05, 0.1) is 0 Å². The van der Waals surface area contributed by atoms with Crippen molar-refractivity contribution in [1.29, 1.82) is 0 Å². The van der Waals surface area contributed by atoms with Crippen LogP contribution in [0, 0.1) is 0 Å². The maximum atomic E-state index is 10.9. The number of carbonyl (C=O) groups is 1. The monoisotopic (exact) mass is 204 g/mol. The highest BCUT2D eigenvalue weighted by Crippen LogP contribution is 2.13. The first-order valence-electron chi connectivity index (χ1n) is 4.77. The highest BCUT2D eigenvalue weighted by Gasteiger charge is 2.18. The van der Waals surface area contributed by atoms with Gasteiger partial charge in [-0.15, -0.1) is 11.6 Å². The Labute approximate surface area is 84.4 Å². The number of carbonyl (C=O) groups excluding carboxylic acids is 1. The normalized spacial score (nSPS) is 24.3. The van der Waals surface area contributed by atoms with Crippen LogP contribution in [0.5, 0.6) is 0 Å². The summed E-state index contributed by atoms with van der Waals surface area (Å²) < 4.78 is 0. The fourth-order valence-electron chi connectivity index (χ4n) is 1.68. The van der Waals surface area contributed by atoms with Crippen molar-refractivity contribution in [2.75, 3.05) is 26.0 Å². The van der Waals surface area contributed by atoms with Crippen LogP contribution in [0.25, 0.3) is 0 Å². The highest BCUT2D eigenvalue weighted by molar-refractivity contribution is 6.27. The third-order valence-electron chi connectivity index (χ3n) is 2.58. The predicted molar refractivity (Wildman–Crippen MR) is 54.0 cm³/mol. The van der Waals surface area contributed by atoms with Gasteiger partial charge in [-0.25, -0.2) is 0 Å². The van der Waals surface area contributed by atoms with Gasteiger partial charge in [-0.05, 0) is 26.4 Å². The third-order valence-corrected chi connectivity index (χ3v) is 2.82. The lowest BCUT2D eigenvalue weighted by molar-refractivity contribution is -0.118. The van der Waals surface area contributed by atoms with Crippen LogP contribution in [0.3, 0.4) is 0 Å². The molecule has 3 nitrogen and oxygen atoms in total. The molecule has 0 bridgehead atoms. The summed E-state index contributed by atoms with van der Waals surface area (Å²) in [6, 6.07) is 0.501. The number of halogens is 1. The minimum absolute atomic E-state index is 0.0659. The summed E-state index contributed by atoms with van der Waals surface area (Å²) in [5.74, 6) is -0.00294. The van der Waals surface area contributed by atoms with Gasteiger partial charge in [-0.1, -0.05) is 6.42 Å². The smallest absolute Gasteiger partial charge is 0.234 e. The SMILES string of the molecule is CN1CCCCC1CNC(=O)CCl. The minimum atomic E-state index is -0.0689. The summed E-state index contributed by atoms with van der Waals surface area (Å²) in [6.45, 7) is 1.88. The van der Waals surface area contributed by atoms with Crippen molar-refractivity contribution in [3.05, 3.63) is 0 Å². The molecule has 0 aromatic rings. The Morgan fingerprint density at radius 3 is 3.00 bits per heavy atom. The summed E-state index contributed by atoms with van der Waals surface area (Å²) in [5.41, 5.74) is 0. The molecule has 4 heteroatoms. The quantitative estimate of drug-likeness (QED) is 0.691. The molecule has 0 aromatic heterocycles. The van der Waals surface area contributed by atoms with E-state index in [1.165, 1.54) is 19.3 Å². The number of likely N-dealkylation sites (N-methyl/N-ethyl adjacent to an activating group) is 1. The van der Waals surface area contributed by atoms with Crippen molar-refractivity contribution >= 4 is 17.5 Å². The number of nitrogens with zero attached hydrogens (tertiary/aromatic N) is 1. The van der Waals surface area contributed by atoms with Gasteiger partial charge in [-0.2, -0.15) is 0 Å². The van der Waals surface area contributed by atoms with Crippen molar-refractivity contribution in [2.45, 2.75) is 25.3 Å². The van der Waals surface area contributed by atoms with Crippen molar-refractivity contribution in [1.82, 2.24) is 10.2 Å². The number of likely N-dealkylation sites (tertiary alicyclic amines) is 1. The first-order valence-corrected chi connectivity index (χ1v) is 5.30. The molecule has 0 radical (unpaired) electrons. The molecule has 0 saturated carbocycles. The molecule has 1 fully saturated rings. The molecule has 1 atom stereocenters. The van der Waals surface area contributed by atoms with Crippen LogP contribution in [0.15, 0.2) is 0 Å². The molecule has 1 amide bonds.